The molecule has 0 saturated heterocycles. The molecule has 2 atom stereocenters. The zero-order valence-electron chi connectivity index (χ0n) is 17.8. The zero-order valence-corrected chi connectivity index (χ0v) is 20.1. The Hall–Kier alpha value is -3.00. The first kappa shape index (κ1) is 21.5. The van der Waals surface area contributed by atoms with Gasteiger partial charge in [-0.1, -0.05) is 65.3 Å². The van der Waals surface area contributed by atoms with E-state index in [0.717, 1.165) is 22.4 Å². The second kappa shape index (κ2) is 8.34. The zero-order chi connectivity index (χ0) is 23.4. The number of hydrogen-bond donors (Lipinski definition) is 1. The maximum absolute atomic E-state index is 15.3. The molecule has 6 rings (SSSR count). The first-order valence-electron chi connectivity index (χ1n) is 10.5. The fourth-order valence-corrected chi connectivity index (χ4v) is 5.12. The van der Waals surface area contributed by atoms with Crippen LogP contribution in [0.2, 0.25) is 10.0 Å². The average Bonchev–Trinajstić information content (AvgIpc) is 3.26. The van der Waals surface area contributed by atoms with Crippen LogP contribution >= 0.6 is 35.0 Å². The van der Waals surface area contributed by atoms with Crippen molar-refractivity contribution >= 4 is 46.6 Å². The molecular weight excluding hydrogens is 494 g/mol. The summed E-state index contributed by atoms with van der Waals surface area (Å²) in [5.41, 5.74) is 3.74. The predicted octanol–water partition coefficient (Wildman–Crippen LogP) is 7.01. The van der Waals surface area contributed by atoms with Gasteiger partial charge in [-0.3, -0.25) is 0 Å². The van der Waals surface area contributed by atoms with Crippen molar-refractivity contribution in [1.82, 2.24) is 14.8 Å². The van der Waals surface area contributed by atoms with Gasteiger partial charge >= 0.3 is 0 Å². The van der Waals surface area contributed by atoms with E-state index in [4.69, 9.17) is 27.9 Å². The third kappa shape index (κ3) is 3.47. The third-order valence-electron chi connectivity index (χ3n) is 5.97. The molecule has 2 aliphatic rings. The highest BCUT2D eigenvalue weighted by Gasteiger charge is 2.42. The Bertz CT molecular complexity index is 1450. The van der Waals surface area contributed by atoms with Crippen LogP contribution in [-0.4, -0.2) is 21.0 Å². The summed E-state index contributed by atoms with van der Waals surface area (Å²) in [5, 5.41) is 9.89. The number of benzene rings is 3. The Morgan fingerprint density at radius 2 is 1.79 bits per heavy atom. The van der Waals surface area contributed by atoms with Crippen LogP contribution in [0.4, 0.5) is 10.3 Å². The van der Waals surface area contributed by atoms with E-state index in [0.29, 0.717) is 32.5 Å². The smallest absolute Gasteiger partial charge is 0.227 e. The summed E-state index contributed by atoms with van der Waals surface area (Å²) in [6, 6.07) is 19.1. The molecule has 3 heterocycles. The van der Waals surface area contributed by atoms with Crippen molar-refractivity contribution in [2.24, 2.45) is 0 Å². The van der Waals surface area contributed by atoms with Crippen molar-refractivity contribution in [1.29, 1.82) is 0 Å². The van der Waals surface area contributed by atoms with E-state index < -0.39 is 12.1 Å². The van der Waals surface area contributed by atoms with E-state index in [9.17, 15) is 0 Å². The van der Waals surface area contributed by atoms with Crippen molar-refractivity contribution in [3.8, 4) is 5.75 Å². The third-order valence-corrected chi connectivity index (χ3v) is 7.00. The maximum Gasteiger partial charge on any atom is 0.227 e. The number of nitrogens with one attached hydrogen (secondary N) is 1. The van der Waals surface area contributed by atoms with Crippen LogP contribution in [0, 0.1) is 5.82 Å². The number of aromatic nitrogens is 3. The number of ether oxygens (including phenoxy) is 1. The maximum atomic E-state index is 15.3. The fraction of sp³-hybridized carbons (Fsp3) is 0.120. The Balaban J connectivity index is 1.66. The molecular formula is C25H17Cl2FN4OS. The van der Waals surface area contributed by atoms with E-state index in [2.05, 4.69) is 15.4 Å². The van der Waals surface area contributed by atoms with Crippen LogP contribution < -0.4 is 10.1 Å². The molecule has 1 N–H and O–H groups in total. The minimum absolute atomic E-state index is 0.333. The van der Waals surface area contributed by atoms with E-state index in [1.807, 2.05) is 48.7 Å². The molecule has 5 nitrogen and oxygen atoms in total. The van der Waals surface area contributed by atoms with Crippen LogP contribution in [-0.2, 0) is 0 Å². The lowest BCUT2D eigenvalue weighted by Crippen LogP contribution is -2.32. The van der Waals surface area contributed by atoms with Crippen LogP contribution in [0.15, 0.2) is 77.5 Å². The van der Waals surface area contributed by atoms with Gasteiger partial charge in [0.15, 0.2) is 0 Å². The van der Waals surface area contributed by atoms with Gasteiger partial charge in [0.05, 0.1) is 5.70 Å². The molecule has 0 unspecified atom stereocenters. The molecule has 0 saturated carbocycles. The predicted molar refractivity (Wildman–Crippen MR) is 133 cm³/mol. The molecule has 0 aliphatic carbocycles. The summed E-state index contributed by atoms with van der Waals surface area (Å²) in [4.78, 5) is 4.63. The SMILES string of the molecule is CSc1nc2n(n1)[C@@H](c1ccccc1F)C1=C(N2)c2cc(Cl)ccc2O[C@H]1c1ccc(Cl)cc1. The number of halogens is 3. The number of fused-ring (bicyclic) bond motifs is 3. The summed E-state index contributed by atoms with van der Waals surface area (Å²) in [6.07, 6.45) is 1.38. The Kier molecular flexibility index (Phi) is 5.28. The monoisotopic (exact) mass is 510 g/mol. The molecule has 0 bridgehead atoms. The number of nitrogens with zero attached hydrogens (tertiary/aromatic N) is 3. The summed E-state index contributed by atoms with van der Waals surface area (Å²) < 4.78 is 23.5. The molecule has 170 valence electrons. The van der Waals surface area contributed by atoms with Crippen molar-refractivity contribution < 1.29 is 9.13 Å². The van der Waals surface area contributed by atoms with Crippen molar-refractivity contribution in [3.05, 3.63) is 105 Å². The number of anilines is 1. The van der Waals surface area contributed by atoms with Crippen molar-refractivity contribution in [2.75, 3.05) is 11.6 Å². The fourth-order valence-electron chi connectivity index (χ4n) is 4.48. The van der Waals surface area contributed by atoms with Gasteiger partial charge in [0.25, 0.3) is 0 Å². The molecule has 4 aromatic rings. The van der Waals surface area contributed by atoms with Crippen molar-refractivity contribution in [2.45, 2.75) is 17.3 Å². The summed E-state index contributed by atoms with van der Waals surface area (Å²) in [7, 11) is 0. The Morgan fingerprint density at radius 1 is 1.03 bits per heavy atom. The normalized spacial score (nSPS) is 18.5. The molecule has 2 aliphatic heterocycles. The first-order valence-corrected chi connectivity index (χ1v) is 12.5. The van der Waals surface area contributed by atoms with E-state index in [1.54, 1.807) is 22.9 Å². The number of thioether (sulfide) groups is 1. The summed E-state index contributed by atoms with van der Waals surface area (Å²) in [6.45, 7) is 0. The molecule has 0 fully saturated rings. The highest BCUT2D eigenvalue weighted by Crippen LogP contribution is 2.51. The topological polar surface area (TPSA) is 52.0 Å². The standard InChI is InChI=1S/C25H17Cl2FN4OS/c1-34-25-30-24-29-21-17-12-15(27)10-11-19(17)33-23(13-6-8-14(26)9-7-13)20(21)22(32(24)31-25)16-4-2-3-5-18(16)28/h2-12,22-23H,1H3,(H,29,30,31)/t22-,23-/m0/s1. The van der Waals surface area contributed by atoms with E-state index in [-0.39, 0.29) is 5.82 Å². The van der Waals surface area contributed by atoms with Gasteiger partial charge in [-0.25, -0.2) is 9.07 Å². The average molecular weight is 511 g/mol. The summed E-state index contributed by atoms with van der Waals surface area (Å²) >= 11 is 14.0. The summed E-state index contributed by atoms with van der Waals surface area (Å²) in [5.74, 6) is 0.861. The highest BCUT2D eigenvalue weighted by molar-refractivity contribution is 7.98. The van der Waals surface area contributed by atoms with E-state index in [1.165, 1.54) is 17.8 Å². The van der Waals surface area contributed by atoms with Gasteiger partial charge < -0.3 is 10.1 Å². The minimum Gasteiger partial charge on any atom is -0.480 e. The van der Waals surface area contributed by atoms with Gasteiger partial charge in [0.2, 0.25) is 11.1 Å². The van der Waals surface area contributed by atoms with Crippen molar-refractivity contribution in [3.63, 3.8) is 0 Å². The quantitative estimate of drug-likeness (QED) is 0.300. The molecule has 0 radical (unpaired) electrons. The van der Waals surface area contributed by atoms with Crippen LogP contribution in [0.5, 0.6) is 5.75 Å². The highest BCUT2D eigenvalue weighted by atomic mass is 35.5. The number of rotatable bonds is 3. The van der Waals surface area contributed by atoms with Crippen LogP contribution in [0.3, 0.4) is 0 Å². The Labute approximate surface area is 209 Å². The molecule has 9 heteroatoms. The molecule has 1 aromatic heterocycles. The second-order valence-corrected chi connectivity index (χ2v) is 9.58. The van der Waals surface area contributed by atoms with Gasteiger partial charge in [-0.15, -0.1) is 5.10 Å². The molecule has 34 heavy (non-hydrogen) atoms. The van der Waals surface area contributed by atoms with E-state index >= 15 is 4.39 Å². The van der Waals surface area contributed by atoms with Crippen LogP contribution in [0.1, 0.15) is 28.8 Å². The van der Waals surface area contributed by atoms with Gasteiger partial charge in [-0.05, 0) is 48.2 Å². The lowest BCUT2D eigenvalue weighted by Gasteiger charge is -2.39. The van der Waals surface area contributed by atoms with Gasteiger partial charge in [-0.2, -0.15) is 4.98 Å². The van der Waals surface area contributed by atoms with Crippen LogP contribution in [0.25, 0.3) is 5.70 Å². The number of hydrogen-bond acceptors (Lipinski definition) is 5. The first-order chi connectivity index (χ1) is 16.5. The second-order valence-electron chi connectivity index (χ2n) is 7.94. The largest absolute Gasteiger partial charge is 0.480 e. The molecule has 0 spiro atoms. The minimum atomic E-state index is -0.589. The Morgan fingerprint density at radius 3 is 2.56 bits per heavy atom. The lowest BCUT2D eigenvalue weighted by atomic mass is 9.84. The van der Waals surface area contributed by atoms with Gasteiger partial charge in [0, 0.05) is 26.7 Å². The molecule has 0 amide bonds. The lowest BCUT2D eigenvalue weighted by molar-refractivity contribution is 0.222. The van der Waals surface area contributed by atoms with Gasteiger partial charge in [0.1, 0.15) is 23.7 Å². The molecule has 3 aromatic carbocycles.